The van der Waals surface area contributed by atoms with E-state index in [2.05, 4.69) is 11.7 Å². The molecule has 0 radical (unpaired) electrons. The zero-order valence-corrected chi connectivity index (χ0v) is 15.3. The number of aliphatic hydroxyl groups excluding tert-OH is 3. The summed E-state index contributed by atoms with van der Waals surface area (Å²) in [5, 5.41) is 29.5. The van der Waals surface area contributed by atoms with Crippen LogP contribution in [0.25, 0.3) is 0 Å². The van der Waals surface area contributed by atoms with Gasteiger partial charge < -0.3 is 20.1 Å². The van der Waals surface area contributed by atoms with Crippen LogP contribution in [-0.4, -0.2) is 46.7 Å². The van der Waals surface area contributed by atoms with E-state index in [4.69, 9.17) is 0 Å². The highest BCUT2D eigenvalue weighted by Crippen LogP contribution is 2.12. The molecule has 0 saturated heterocycles. The fraction of sp³-hybridized carbons (Fsp3) is 0.842. The highest BCUT2D eigenvalue weighted by molar-refractivity contribution is 5.68. The number of rotatable bonds is 15. The minimum atomic E-state index is -0.926. The van der Waals surface area contributed by atoms with Crippen molar-refractivity contribution in [2.24, 2.45) is 0 Å². The van der Waals surface area contributed by atoms with Crippen molar-refractivity contribution in [2.45, 2.75) is 95.9 Å². The van der Waals surface area contributed by atoms with E-state index in [0.717, 1.165) is 51.4 Å². The summed E-state index contributed by atoms with van der Waals surface area (Å²) in [6.45, 7) is 2.11. The van der Waals surface area contributed by atoms with Crippen molar-refractivity contribution in [3.63, 3.8) is 0 Å². The highest BCUT2D eigenvalue weighted by Gasteiger charge is 2.13. The van der Waals surface area contributed by atoms with E-state index in [9.17, 15) is 20.1 Å². The molecule has 0 aliphatic carbocycles. The molecule has 3 unspecified atom stereocenters. The number of aliphatic hydroxyl groups is 3. The van der Waals surface area contributed by atoms with Crippen LogP contribution in [0.15, 0.2) is 12.2 Å². The van der Waals surface area contributed by atoms with E-state index in [1.165, 1.54) is 13.2 Å². The molecule has 0 aliphatic heterocycles. The maximum Gasteiger partial charge on any atom is 0.305 e. The van der Waals surface area contributed by atoms with Gasteiger partial charge in [-0.25, -0.2) is 0 Å². The minimum Gasteiger partial charge on any atom is -0.469 e. The molecule has 0 aliphatic rings. The summed E-state index contributed by atoms with van der Waals surface area (Å²) in [4.78, 5) is 10.9. The van der Waals surface area contributed by atoms with Crippen molar-refractivity contribution in [1.82, 2.24) is 0 Å². The van der Waals surface area contributed by atoms with E-state index in [1.807, 2.05) is 0 Å². The number of carbonyl (C=O) groups excluding carboxylic acids is 1. The number of unbranched alkanes of at least 4 members (excludes halogenated alkanes) is 6. The molecule has 5 heteroatoms. The van der Waals surface area contributed by atoms with Gasteiger partial charge >= 0.3 is 5.97 Å². The maximum atomic E-state index is 10.9. The van der Waals surface area contributed by atoms with Gasteiger partial charge in [-0.3, -0.25) is 4.79 Å². The SMILES string of the molecule is CCCCCC(O)/C=C/C(O)C(O)CCCCCCCC(=O)OC. The average Bonchev–Trinajstić information content (AvgIpc) is 2.58. The fourth-order valence-corrected chi connectivity index (χ4v) is 2.50. The van der Waals surface area contributed by atoms with Gasteiger partial charge in [-0.1, -0.05) is 64.0 Å². The third-order valence-corrected chi connectivity index (χ3v) is 4.14. The zero-order valence-electron chi connectivity index (χ0n) is 15.3. The van der Waals surface area contributed by atoms with Crippen LogP contribution in [0.4, 0.5) is 0 Å². The normalized spacial score (nSPS) is 15.4. The predicted molar refractivity (Wildman–Crippen MR) is 95.6 cm³/mol. The van der Waals surface area contributed by atoms with E-state index in [-0.39, 0.29) is 5.97 Å². The molecule has 0 rings (SSSR count). The molecule has 0 aromatic heterocycles. The monoisotopic (exact) mass is 344 g/mol. The molecule has 0 saturated carbocycles. The molecule has 3 N–H and O–H groups in total. The summed E-state index contributed by atoms with van der Waals surface area (Å²) >= 11 is 0. The summed E-state index contributed by atoms with van der Waals surface area (Å²) in [7, 11) is 1.40. The summed E-state index contributed by atoms with van der Waals surface area (Å²) < 4.78 is 4.58. The Morgan fingerprint density at radius 1 is 0.917 bits per heavy atom. The largest absolute Gasteiger partial charge is 0.469 e. The molecule has 0 spiro atoms. The number of hydrogen-bond acceptors (Lipinski definition) is 5. The second kappa shape index (κ2) is 15.6. The van der Waals surface area contributed by atoms with Gasteiger partial charge in [0.05, 0.1) is 25.4 Å². The van der Waals surface area contributed by atoms with Crippen LogP contribution in [0, 0.1) is 0 Å². The smallest absolute Gasteiger partial charge is 0.305 e. The van der Waals surface area contributed by atoms with Crippen LogP contribution in [0.2, 0.25) is 0 Å². The number of esters is 1. The second-order valence-corrected chi connectivity index (χ2v) is 6.39. The highest BCUT2D eigenvalue weighted by atomic mass is 16.5. The molecule has 0 amide bonds. The lowest BCUT2D eigenvalue weighted by atomic mass is 10.0. The van der Waals surface area contributed by atoms with Gasteiger partial charge in [0.15, 0.2) is 0 Å². The average molecular weight is 344 g/mol. The number of carbonyl (C=O) groups is 1. The van der Waals surface area contributed by atoms with Crippen molar-refractivity contribution in [2.75, 3.05) is 7.11 Å². The molecule has 142 valence electrons. The van der Waals surface area contributed by atoms with Crippen molar-refractivity contribution >= 4 is 5.97 Å². The second-order valence-electron chi connectivity index (χ2n) is 6.39. The summed E-state index contributed by atoms with van der Waals surface area (Å²) in [6, 6.07) is 0. The molecule has 0 fully saturated rings. The van der Waals surface area contributed by atoms with Crippen LogP contribution in [0.3, 0.4) is 0 Å². The Bertz CT molecular complexity index is 330. The first kappa shape index (κ1) is 23.1. The molecule has 5 nitrogen and oxygen atoms in total. The van der Waals surface area contributed by atoms with Crippen LogP contribution < -0.4 is 0 Å². The third kappa shape index (κ3) is 13.5. The van der Waals surface area contributed by atoms with E-state index in [0.29, 0.717) is 19.3 Å². The Kier molecular flexibility index (Phi) is 15.0. The lowest BCUT2D eigenvalue weighted by Gasteiger charge is -2.15. The van der Waals surface area contributed by atoms with Crippen molar-refractivity contribution in [3.05, 3.63) is 12.2 Å². The van der Waals surface area contributed by atoms with E-state index in [1.54, 1.807) is 6.08 Å². The van der Waals surface area contributed by atoms with Crippen LogP contribution in [0.5, 0.6) is 0 Å². The summed E-state index contributed by atoms with van der Waals surface area (Å²) in [5.74, 6) is -0.169. The van der Waals surface area contributed by atoms with Crippen molar-refractivity contribution in [3.8, 4) is 0 Å². The zero-order chi connectivity index (χ0) is 18.2. The quantitative estimate of drug-likeness (QED) is 0.241. The summed E-state index contributed by atoms with van der Waals surface area (Å²) in [6.07, 6.45) is 10.3. The van der Waals surface area contributed by atoms with Crippen molar-refractivity contribution < 1.29 is 24.9 Å². The maximum absolute atomic E-state index is 10.9. The van der Waals surface area contributed by atoms with E-state index < -0.39 is 18.3 Å². The first-order chi connectivity index (χ1) is 11.5. The molecular formula is C19H36O5. The first-order valence-corrected chi connectivity index (χ1v) is 9.30. The number of ether oxygens (including phenoxy) is 1. The van der Waals surface area contributed by atoms with Gasteiger partial charge in [0.25, 0.3) is 0 Å². The van der Waals surface area contributed by atoms with E-state index >= 15 is 0 Å². The van der Waals surface area contributed by atoms with Gasteiger partial charge in [-0.2, -0.15) is 0 Å². The fourth-order valence-electron chi connectivity index (χ4n) is 2.50. The Balaban J connectivity index is 3.67. The van der Waals surface area contributed by atoms with Crippen molar-refractivity contribution in [1.29, 1.82) is 0 Å². The molecule has 3 atom stereocenters. The predicted octanol–water partition coefficient (Wildman–Crippen LogP) is 3.11. The molecule has 0 aromatic rings. The molecule has 24 heavy (non-hydrogen) atoms. The first-order valence-electron chi connectivity index (χ1n) is 9.30. The van der Waals surface area contributed by atoms with Crippen LogP contribution in [-0.2, 0) is 9.53 Å². The van der Waals surface area contributed by atoms with Gasteiger partial charge in [-0.15, -0.1) is 0 Å². The lowest BCUT2D eigenvalue weighted by Crippen LogP contribution is -2.24. The minimum absolute atomic E-state index is 0.169. The standard InChI is InChI=1S/C19H36O5/c1-3-4-8-11-16(20)14-15-18(22)17(21)12-9-6-5-7-10-13-19(23)24-2/h14-18,20-22H,3-13H2,1-2H3/b15-14+. The van der Waals surface area contributed by atoms with Gasteiger partial charge in [0.2, 0.25) is 0 Å². The van der Waals surface area contributed by atoms with Crippen LogP contribution >= 0.6 is 0 Å². The number of hydrogen-bond donors (Lipinski definition) is 3. The van der Waals surface area contributed by atoms with Gasteiger partial charge in [-0.05, 0) is 19.3 Å². The molecule has 0 heterocycles. The Morgan fingerprint density at radius 3 is 2.21 bits per heavy atom. The topological polar surface area (TPSA) is 87.0 Å². The molecule has 0 aromatic carbocycles. The third-order valence-electron chi connectivity index (χ3n) is 4.14. The molecule has 0 bridgehead atoms. The Morgan fingerprint density at radius 2 is 1.54 bits per heavy atom. The van der Waals surface area contributed by atoms with Gasteiger partial charge in [0, 0.05) is 6.42 Å². The summed E-state index contributed by atoms with van der Waals surface area (Å²) in [5.41, 5.74) is 0. The van der Waals surface area contributed by atoms with Gasteiger partial charge in [0.1, 0.15) is 0 Å². The molecular weight excluding hydrogens is 308 g/mol. The lowest BCUT2D eigenvalue weighted by molar-refractivity contribution is -0.140. The van der Waals surface area contributed by atoms with Crippen LogP contribution in [0.1, 0.15) is 77.6 Å². The number of methoxy groups -OCH3 is 1. The Labute approximate surface area is 146 Å². The Hall–Kier alpha value is -0.910.